The third kappa shape index (κ3) is 2.00. The summed E-state index contributed by atoms with van der Waals surface area (Å²) in [5, 5.41) is 8.77. The predicted molar refractivity (Wildman–Crippen MR) is 45.4 cm³/mol. The Hall–Kier alpha value is -0.995. The van der Waals surface area contributed by atoms with Gasteiger partial charge in [-0.25, -0.2) is 0 Å². The first-order valence-electron chi connectivity index (χ1n) is 3.15. The van der Waals surface area contributed by atoms with Crippen LogP contribution in [0.4, 0.5) is 0 Å². The molecule has 0 fully saturated rings. The van der Waals surface area contributed by atoms with Crippen LogP contribution in [0.2, 0.25) is 5.02 Å². The van der Waals surface area contributed by atoms with Crippen molar-refractivity contribution >= 4 is 25.6 Å². The number of halogens is 1. The lowest BCUT2D eigenvalue weighted by molar-refractivity contribution is 0.112. The molecular weight excluding hydrogens is 178 g/mol. The molecule has 0 amide bonds. The first-order chi connectivity index (χ1) is 5.77. The summed E-state index contributed by atoms with van der Waals surface area (Å²) < 4.78 is 4.62. The van der Waals surface area contributed by atoms with Crippen molar-refractivity contribution in [1.82, 2.24) is 0 Å². The molecule has 1 N–H and O–H groups in total. The fourth-order valence-corrected chi connectivity index (χ4v) is 0.927. The van der Waals surface area contributed by atoms with Crippen LogP contribution in [-0.2, 0) is 0 Å². The lowest BCUT2D eigenvalue weighted by atomic mass is 10.2. The van der Waals surface area contributed by atoms with Gasteiger partial charge in [-0.1, -0.05) is 11.6 Å². The Morgan fingerprint density at radius 1 is 1.58 bits per heavy atom. The van der Waals surface area contributed by atoms with Gasteiger partial charge < -0.3 is 9.68 Å². The SMILES string of the molecule is O=Cc1ccc(Cl)cc1O[B]O. The van der Waals surface area contributed by atoms with Crippen LogP contribution in [0, 0.1) is 0 Å². The number of aldehydes is 1. The van der Waals surface area contributed by atoms with Crippen molar-refractivity contribution in [1.29, 1.82) is 0 Å². The second-order valence-electron chi connectivity index (χ2n) is 2.02. The van der Waals surface area contributed by atoms with Gasteiger partial charge in [0, 0.05) is 5.02 Å². The van der Waals surface area contributed by atoms with Crippen molar-refractivity contribution in [2.45, 2.75) is 0 Å². The lowest BCUT2D eigenvalue weighted by Gasteiger charge is -2.03. The molecule has 1 aromatic carbocycles. The Balaban J connectivity index is 3.03. The van der Waals surface area contributed by atoms with Gasteiger partial charge in [-0.15, -0.1) is 0 Å². The summed E-state index contributed by atoms with van der Waals surface area (Å²) in [7, 11) is 0.499. The van der Waals surface area contributed by atoms with Crippen LogP contribution in [0.15, 0.2) is 18.2 Å². The minimum Gasteiger partial charge on any atom is -0.537 e. The lowest BCUT2D eigenvalue weighted by Crippen LogP contribution is -2.02. The summed E-state index contributed by atoms with van der Waals surface area (Å²) in [5.74, 6) is 0.236. The Bertz CT molecular complexity index is 290. The van der Waals surface area contributed by atoms with Crippen molar-refractivity contribution in [3.8, 4) is 5.75 Å². The maximum atomic E-state index is 10.4. The van der Waals surface area contributed by atoms with Gasteiger partial charge in [0.15, 0.2) is 6.29 Å². The molecule has 0 heterocycles. The second kappa shape index (κ2) is 4.14. The zero-order chi connectivity index (χ0) is 8.97. The summed E-state index contributed by atoms with van der Waals surface area (Å²) in [6.45, 7) is 0. The van der Waals surface area contributed by atoms with Crippen molar-refractivity contribution in [2.24, 2.45) is 0 Å². The van der Waals surface area contributed by atoms with E-state index in [9.17, 15) is 4.79 Å². The highest BCUT2D eigenvalue weighted by molar-refractivity contribution is 6.31. The van der Waals surface area contributed by atoms with Crippen molar-refractivity contribution < 1.29 is 14.5 Å². The van der Waals surface area contributed by atoms with E-state index in [2.05, 4.69) is 4.65 Å². The largest absolute Gasteiger partial charge is 0.569 e. The molecule has 5 heteroatoms. The molecule has 1 rings (SSSR count). The quantitative estimate of drug-likeness (QED) is 0.563. The molecule has 0 bridgehead atoms. The molecule has 0 saturated carbocycles. The first-order valence-corrected chi connectivity index (χ1v) is 3.53. The van der Waals surface area contributed by atoms with Crippen LogP contribution in [0.25, 0.3) is 0 Å². The smallest absolute Gasteiger partial charge is 0.537 e. The number of benzene rings is 1. The number of carbonyl (C=O) groups is 1. The molecule has 0 aliphatic carbocycles. The minimum atomic E-state index is 0.236. The molecule has 12 heavy (non-hydrogen) atoms. The summed E-state index contributed by atoms with van der Waals surface area (Å²) in [6, 6.07) is 4.52. The summed E-state index contributed by atoms with van der Waals surface area (Å²) in [6.07, 6.45) is 0.620. The maximum absolute atomic E-state index is 10.4. The van der Waals surface area contributed by atoms with E-state index < -0.39 is 0 Å². The van der Waals surface area contributed by atoms with Crippen molar-refractivity contribution in [3.63, 3.8) is 0 Å². The van der Waals surface area contributed by atoms with Crippen molar-refractivity contribution in [2.75, 3.05) is 0 Å². The molecule has 0 spiro atoms. The Labute approximate surface area is 75.2 Å². The van der Waals surface area contributed by atoms with E-state index in [1.807, 2.05) is 0 Å². The third-order valence-electron chi connectivity index (χ3n) is 1.28. The second-order valence-corrected chi connectivity index (χ2v) is 2.46. The topological polar surface area (TPSA) is 46.5 Å². The van der Waals surface area contributed by atoms with E-state index in [1.54, 1.807) is 6.07 Å². The summed E-state index contributed by atoms with van der Waals surface area (Å²) in [5.41, 5.74) is 0.338. The van der Waals surface area contributed by atoms with Gasteiger partial charge in [-0.3, -0.25) is 4.79 Å². The standard InChI is InChI=1S/C7H5BClO3/c9-6-2-1-5(4-10)7(3-6)12-8-11/h1-4,11H. The summed E-state index contributed by atoms with van der Waals surface area (Å²) >= 11 is 5.62. The van der Waals surface area contributed by atoms with Gasteiger partial charge in [-0.2, -0.15) is 0 Å². The average Bonchev–Trinajstić information content (AvgIpc) is 2.05. The van der Waals surface area contributed by atoms with Gasteiger partial charge in [0.05, 0.1) is 5.56 Å². The van der Waals surface area contributed by atoms with E-state index in [-0.39, 0.29) is 5.75 Å². The Kier molecular flexibility index (Phi) is 3.14. The number of carbonyl (C=O) groups excluding carboxylic acids is 1. The zero-order valence-electron chi connectivity index (χ0n) is 6.03. The molecule has 1 aromatic rings. The third-order valence-corrected chi connectivity index (χ3v) is 1.52. The zero-order valence-corrected chi connectivity index (χ0v) is 6.78. The normalized spacial score (nSPS) is 9.17. The van der Waals surface area contributed by atoms with Crippen LogP contribution in [0.3, 0.4) is 0 Å². The van der Waals surface area contributed by atoms with Crippen LogP contribution in [-0.4, -0.2) is 19.0 Å². The highest BCUT2D eigenvalue weighted by Gasteiger charge is 2.03. The molecule has 0 saturated heterocycles. The Morgan fingerprint density at radius 2 is 2.33 bits per heavy atom. The molecule has 0 atom stereocenters. The molecule has 0 aliphatic heterocycles. The van der Waals surface area contributed by atoms with Crippen LogP contribution in [0.5, 0.6) is 5.75 Å². The predicted octanol–water partition coefficient (Wildman–Crippen LogP) is 1.06. The van der Waals surface area contributed by atoms with E-state index in [0.717, 1.165) is 0 Å². The monoisotopic (exact) mass is 183 g/mol. The fourth-order valence-electron chi connectivity index (χ4n) is 0.764. The van der Waals surface area contributed by atoms with E-state index in [4.69, 9.17) is 16.6 Å². The first kappa shape index (κ1) is 9.10. The Morgan fingerprint density at radius 3 is 2.92 bits per heavy atom. The van der Waals surface area contributed by atoms with Crippen LogP contribution >= 0.6 is 11.6 Å². The van der Waals surface area contributed by atoms with Crippen molar-refractivity contribution in [3.05, 3.63) is 28.8 Å². The highest BCUT2D eigenvalue weighted by atomic mass is 35.5. The van der Waals surface area contributed by atoms with E-state index >= 15 is 0 Å². The maximum Gasteiger partial charge on any atom is 0.569 e. The average molecular weight is 183 g/mol. The highest BCUT2D eigenvalue weighted by Crippen LogP contribution is 2.21. The van der Waals surface area contributed by atoms with Crippen LogP contribution < -0.4 is 4.65 Å². The van der Waals surface area contributed by atoms with E-state index in [0.29, 0.717) is 24.6 Å². The van der Waals surface area contributed by atoms with Gasteiger partial charge in [0.2, 0.25) is 0 Å². The number of hydrogen-bond acceptors (Lipinski definition) is 3. The minimum absolute atomic E-state index is 0.236. The molecular formula is C7H5BClO3. The van der Waals surface area contributed by atoms with Gasteiger partial charge in [-0.05, 0) is 18.2 Å². The molecule has 61 valence electrons. The molecule has 1 radical (unpaired) electrons. The fraction of sp³-hybridized carbons (Fsp3) is 0. The molecule has 0 unspecified atom stereocenters. The van der Waals surface area contributed by atoms with Crippen LogP contribution in [0.1, 0.15) is 10.4 Å². The van der Waals surface area contributed by atoms with Gasteiger partial charge >= 0.3 is 7.69 Å². The molecule has 3 nitrogen and oxygen atoms in total. The summed E-state index contributed by atoms with van der Waals surface area (Å²) in [4.78, 5) is 10.4. The van der Waals surface area contributed by atoms with Gasteiger partial charge in [0.25, 0.3) is 0 Å². The van der Waals surface area contributed by atoms with Gasteiger partial charge in [0.1, 0.15) is 5.75 Å². The number of rotatable bonds is 3. The number of hydrogen-bond donors (Lipinski definition) is 1. The van der Waals surface area contributed by atoms with E-state index in [1.165, 1.54) is 12.1 Å². The molecule has 0 aliphatic rings. The molecule has 0 aromatic heterocycles.